The van der Waals surface area contributed by atoms with Gasteiger partial charge in [0.15, 0.2) is 5.78 Å². The summed E-state index contributed by atoms with van der Waals surface area (Å²) in [7, 11) is 5.45. The smallest absolute Gasteiger partial charge is 0.224 e. The van der Waals surface area contributed by atoms with E-state index in [9.17, 15) is 24.6 Å². The van der Waals surface area contributed by atoms with E-state index in [1.165, 1.54) is 0 Å². The first-order valence-corrected chi connectivity index (χ1v) is 18.2. The Labute approximate surface area is 306 Å². The van der Waals surface area contributed by atoms with E-state index >= 15 is 0 Å². The Morgan fingerprint density at radius 2 is 1.58 bits per heavy atom. The number of nitrogens with zero attached hydrogens (tertiary/aromatic N) is 2. The molecule has 52 heavy (non-hydrogen) atoms. The van der Waals surface area contributed by atoms with Gasteiger partial charge in [-0.1, -0.05) is 44.6 Å². The Hall–Kier alpha value is -5.22. The Morgan fingerprint density at radius 3 is 2.17 bits per heavy atom. The molecule has 0 radical (unpaired) electrons. The maximum atomic E-state index is 14.7. The summed E-state index contributed by atoms with van der Waals surface area (Å²) in [6.07, 6.45) is 5.48. The van der Waals surface area contributed by atoms with E-state index in [1.807, 2.05) is 81.6 Å². The summed E-state index contributed by atoms with van der Waals surface area (Å²) in [5.74, 6) is -0.756. The lowest BCUT2D eigenvalue weighted by molar-refractivity contribution is -0.492. The SMILES string of the molecule is CCCCC(=O)NC1=CC(=[N+](/C)CC)/c2cc(OC)ccc2/C1=C1\C(=O)C(c2c(NC(=O)CCCC)cc(N(C)CC)c3cc(CO)ccc23)=C1[O-]. The molecule has 3 N–H and O–H groups in total. The van der Waals surface area contributed by atoms with Gasteiger partial charge in [0.2, 0.25) is 17.5 Å². The number of ketones is 1. The van der Waals surface area contributed by atoms with Crippen LogP contribution in [0.5, 0.6) is 5.75 Å². The lowest BCUT2D eigenvalue weighted by Gasteiger charge is -2.36. The first-order valence-electron chi connectivity index (χ1n) is 18.2. The van der Waals surface area contributed by atoms with E-state index in [0.717, 1.165) is 35.2 Å². The zero-order valence-electron chi connectivity index (χ0n) is 31.4. The molecule has 0 unspecified atom stereocenters. The van der Waals surface area contributed by atoms with E-state index in [-0.39, 0.29) is 29.6 Å². The molecule has 2 amide bonds. The van der Waals surface area contributed by atoms with E-state index in [2.05, 4.69) is 10.6 Å². The van der Waals surface area contributed by atoms with Gasteiger partial charge in [-0.15, -0.1) is 0 Å². The maximum absolute atomic E-state index is 14.7. The van der Waals surface area contributed by atoms with Crippen LogP contribution in [0.3, 0.4) is 0 Å². The van der Waals surface area contributed by atoms with E-state index in [4.69, 9.17) is 4.74 Å². The number of rotatable bonds is 14. The monoisotopic (exact) mass is 706 g/mol. The number of fused-ring (bicyclic) bond motifs is 2. The van der Waals surface area contributed by atoms with Gasteiger partial charge in [-0.05, 0) is 73.5 Å². The van der Waals surface area contributed by atoms with Crippen molar-refractivity contribution in [3.8, 4) is 5.75 Å². The number of carbonyl (C=O) groups is 3. The fourth-order valence-corrected chi connectivity index (χ4v) is 6.72. The fraction of sp³-hybridized carbons (Fsp3) is 0.381. The van der Waals surface area contributed by atoms with Crippen molar-refractivity contribution in [1.82, 2.24) is 5.32 Å². The van der Waals surface area contributed by atoms with Gasteiger partial charge in [-0.3, -0.25) is 14.4 Å². The molecule has 0 aromatic heterocycles. The van der Waals surface area contributed by atoms with Crippen molar-refractivity contribution in [2.24, 2.45) is 0 Å². The number of nitrogens with one attached hydrogen (secondary N) is 2. The van der Waals surface area contributed by atoms with Gasteiger partial charge in [0.25, 0.3) is 0 Å². The highest BCUT2D eigenvalue weighted by Gasteiger charge is 2.39. The lowest BCUT2D eigenvalue weighted by Crippen LogP contribution is -2.35. The van der Waals surface area contributed by atoms with E-state index in [1.54, 1.807) is 25.3 Å². The van der Waals surface area contributed by atoms with Crippen molar-refractivity contribution in [1.29, 1.82) is 0 Å². The third kappa shape index (κ3) is 7.25. The number of carbonyl (C=O) groups excluding carboxylic acids is 3. The molecule has 10 heteroatoms. The van der Waals surface area contributed by atoms with Crippen LogP contribution in [-0.4, -0.2) is 67.3 Å². The molecule has 2 aliphatic carbocycles. The van der Waals surface area contributed by atoms with Crippen molar-refractivity contribution >= 4 is 56.6 Å². The summed E-state index contributed by atoms with van der Waals surface area (Å²) in [5.41, 5.74) is 5.08. The van der Waals surface area contributed by atoms with Crippen LogP contribution in [-0.2, 0) is 21.0 Å². The largest absolute Gasteiger partial charge is 0.871 e. The topological polar surface area (TPSA) is 134 Å². The molecule has 274 valence electrons. The number of benzene rings is 3. The van der Waals surface area contributed by atoms with Crippen LogP contribution in [0.4, 0.5) is 11.4 Å². The number of amides is 2. The number of unbranched alkanes of at least 4 members (excludes halogenated alkanes) is 2. The molecule has 0 heterocycles. The van der Waals surface area contributed by atoms with Gasteiger partial charge in [0.1, 0.15) is 19.3 Å². The third-order valence-electron chi connectivity index (χ3n) is 9.93. The highest BCUT2D eigenvalue weighted by atomic mass is 16.5. The summed E-state index contributed by atoms with van der Waals surface area (Å²) in [5, 5.41) is 32.1. The number of Topliss-reactive ketones (excluding diaryl/α,β-unsaturated/α-hetero) is 1. The number of methoxy groups -OCH3 is 1. The third-order valence-corrected chi connectivity index (χ3v) is 9.93. The summed E-state index contributed by atoms with van der Waals surface area (Å²) in [6.45, 7) is 9.18. The quantitative estimate of drug-likeness (QED) is 0.145. The van der Waals surface area contributed by atoms with Gasteiger partial charge in [-0.2, -0.15) is 0 Å². The molecule has 10 nitrogen and oxygen atoms in total. The summed E-state index contributed by atoms with van der Waals surface area (Å²) < 4.78 is 7.60. The van der Waals surface area contributed by atoms with Crippen LogP contribution < -0.4 is 25.4 Å². The van der Waals surface area contributed by atoms with Crippen molar-refractivity contribution in [3.63, 3.8) is 0 Å². The first kappa shape index (κ1) is 38.0. The second-order valence-corrected chi connectivity index (χ2v) is 13.3. The number of aliphatic hydroxyl groups excluding tert-OH is 1. The predicted molar refractivity (Wildman–Crippen MR) is 205 cm³/mol. The van der Waals surface area contributed by atoms with Gasteiger partial charge >= 0.3 is 0 Å². The highest BCUT2D eigenvalue weighted by Crippen LogP contribution is 2.48. The van der Waals surface area contributed by atoms with E-state index < -0.39 is 11.5 Å². The number of hydrogen-bond acceptors (Lipinski definition) is 7. The molecule has 0 bridgehead atoms. The average molecular weight is 707 g/mol. The fourth-order valence-electron chi connectivity index (χ4n) is 6.72. The van der Waals surface area contributed by atoms with Gasteiger partial charge < -0.3 is 30.5 Å². The Bertz CT molecular complexity index is 2050. The Kier molecular flexibility index (Phi) is 12.0. The number of hydrogen-bond donors (Lipinski definition) is 3. The van der Waals surface area contributed by atoms with Crippen LogP contribution in [0.15, 0.2) is 65.6 Å². The molecular formula is C42H50N4O6. The van der Waals surface area contributed by atoms with Crippen LogP contribution in [0.1, 0.15) is 88.5 Å². The Balaban J connectivity index is 1.82. The zero-order chi connectivity index (χ0) is 37.7. The zero-order valence-corrected chi connectivity index (χ0v) is 31.4. The minimum Gasteiger partial charge on any atom is -0.871 e. The molecule has 3 aromatic rings. The number of anilines is 2. The van der Waals surface area contributed by atoms with Crippen LogP contribution in [0.25, 0.3) is 21.9 Å². The van der Waals surface area contributed by atoms with Crippen molar-refractivity contribution in [3.05, 3.63) is 87.8 Å². The summed E-state index contributed by atoms with van der Waals surface area (Å²) in [6, 6.07) is 12.7. The van der Waals surface area contributed by atoms with Crippen molar-refractivity contribution in [2.45, 2.75) is 72.8 Å². The van der Waals surface area contributed by atoms with Crippen LogP contribution in [0, 0.1) is 0 Å². The molecule has 0 fully saturated rings. The lowest BCUT2D eigenvalue weighted by atomic mass is 9.74. The Morgan fingerprint density at radius 1 is 0.885 bits per heavy atom. The average Bonchev–Trinajstić information content (AvgIpc) is 3.16. The number of ether oxygens (including phenoxy) is 1. The van der Waals surface area contributed by atoms with Gasteiger partial charge in [-0.25, -0.2) is 4.58 Å². The first-order chi connectivity index (χ1) is 25.0. The minimum absolute atomic E-state index is 0.0280. The van der Waals surface area contributed by atoms with Crippen molar-refractivity contribution in [2.75, 3.05) is 44.5 Å². The molecule has 0 spiro atoms. The molecule has 0 aliphatic heterocycles. The molecular weight excluding hydrogens is 656 g/mol. The standard InChI is InChI=1S/C42H50N4O6/c1-8-12-14-35(48)43-31-22-33(45(5)10-3)29-20-25(24-47)16-18-27(29)37(31)39-41(50)40(42(39)51)38-28-19-17-26(52-7)21-30(28)34(46(6)11-4)23-32(38)44-36(49)15-13-9-2/h16-23,47H,8-15,24H2,1-7H3,(H2,43,44,48,49,50,51). The number of aliphatic hydroxyl groups is 1. The molecule has 0 saturated heterocycles. The normalized spacial score (nSPS) is 16.3. The van der Waals surface area contributed by atoms with Crippen molar-refractivity contribution < 1.29 is 33.9 Å². The minimum atomic E-state index is -0.476. The van der Waals surface area contributed by atoms with Crippen LogP contribution in [0.2, 0.25) is 0 Å². The molecule has 0 atom stereocenters. The summed E-state index contributed by atoms with van der Waals surface area (Å²) >= 11 is 0. The van der Waals surface area contributed by atoms with Gasteiger partial charge in [0.05, 0.1) is 30.7 Å². The van der Waals surface area contributed by atoms with E-state index in [0.29, 0.717) is 83.6 Å². The molecule has 3 aromatic carbocycles. The molecule has 0 saturated carbocycles. The second kappa shape index (κ2) is 16.4. The number of allylic oxidation sites excluding steroid dienone is 4. The van der Waals surface area contributed by atoms with Gasteiger partial charge in [0, 0.05) is 65.9 Å². The predicted octanol–water partition coefficient (Wildman–Crippen LogP) is 5.69. The van der Waals surface area contributed by atoms with Crippen LogP contribution >= 0.6 is 0 Å². The maximum Gasteiger partial charge on any atom is 0.224 e. The summed E-state index contributed by atoms with van der Waals surface area (Å²) in [4.78, 5) is 43.1. The molecule has 5 rings (SSSR count). The highest BCUT2D eigenvalue weighted by molar-refractivity contribution is 6.44. The second-order valence-electron chi connectivity index (χ2n) is 13.3. The molecule has 2 aliphatic rings.